The molecule has 3 rings (SSSR count). The lowest BCUT2D eigenvalue weighted by Crippen LogP contribution is -2.47. The van der Waals surface area contributed by atoms with Gasteiger partial charge in [-0.2, -0.15) is 0 Å². The molecule has 6 heteroatoms. The zero-order chi connectivity index (χ0) is 18.2. The first-order chi connectivity index (χ1) is 12.8. The molecule has 2 heterocycles. The van der Waals surface area contributed by atoms with Gasteiger partial charge in [0, 0.05) is 56.4 Å². The molecule has 0 atom stereocenters. The molecule has 0 radical (unpaired) electrons. The molecule has 1 saturated heterocycles. The van der Waals surface area contributed by atoms with E-state index in [1.807, 2.05) is 12.1 Å². The number of hydrogen-bond donors (Lipinski definition) is 1. The summed E-state index contributed by atoms with van der Waals surface area (Å²) >= 11 is 0. The normalized spacial score (nSPS) is 14.9. The van der Waals surface area contributed by atoms with Crippen molar-refractivity contribution in [1.82, 2.24) is 15.2 Å². The minimum Gasteiger partial charge on any atom is -0.497 e. The van der Waals surface area contributed by atoms with Crippen LogP contribution in [0.3, 0.4) is 0 Å². The number of rotatable bonds is 7. The fourth-order valence-corrected chi connectivity index (χ4v) is 3.13. The maximum Gasteiger partial charge on any atom is 0.251 e. The minimum absolute atomic E-state index is 0.0308. The Bertz CT molecular complexity index is 683. The van der Waals surface area contributed by atoms with E-state index in [0.717, 1.165) is 44.9 Å². The Balaban J connectivity index is 1.34. The summed E-state index contributed by atoms with van der Waals surface area (Å²) in [5.41, 5.74) is 1.91. The molecule has 0 spiro atoms. The van der Waals surface area contributed by atoms with Gasteiger partial charge in [0.05, 0.1) is 7.11 Å². The van der Waals surface area contributed by atoms with Crippen LogP contribution in [0.15, 0.2) is 48.8 Å². The molecular formula is C20H26N4O2. The highest BCUT2D eigenvalue weighted by Gasteiger charge is 2.16. The standard InChI is InChI=1S/C20H26N4O2/c1-26-19-5-3-18(4-6-19)24-15-13-23(14-16-24)12-2-9-22-20(25)17-7-10-21-11-8-17/h3-8,10-11H,2,9,12-16H2,1H3,(H,22,25). The molecule has 0 saturated carbocycles. The summed E-state index contributed by atoms with van der Waals surface area (Å²) in [6.45, 7) is 5.84. The van der Waals surface area contributed by atoms with Crippen LogP contribution >= 0.6 is 0 Å². The molecule has 0 bridgehead atoms. The first-order valence-electron chi connectivity index (χ1n) is 9.06. The highest BCUT2D eigenvalue weighted by atomic mass is 16.5. The number of hydrogen-bond acceptors (Lipinski definition) is 5. The van der Waals surface area contributed by atoms with Crippen molar-refractivity contribution >= 4 is 11.6 Å². The van der Waals surface area contributed by atoms with Gasteiger partial charge in [-0.1, -0.05) is 0 Å². The molecule has 1 amide bonds. The lowest BCUT2D eigenvalue weighted by atomic mass is 10.2. The number of aromatic nitrogens is 1. The first-order valence-corrected chi connectivity index (χ1v) is 9.06. The zero-order valence-corrected chi connectivity index (χ0v) is 15.2. The van der Waals surface area contributed by atoms with Gasteiger partial charge < -0.3 is 15.0 Å². The largest absolute Gasteiger partial charge is 0.497 e. The van der Waals surface area contributed by atoms with Crippen LogP contribution in [0.5, 0.6) is 5.75 Å². The highest BCUT2D eigenvalue weighted by molar-refractivity contribution is 5.93. The van der Waals surface area contributed by atoms with Crippen molar-refractivity contribution < 1.29 is 9.53 Å². The third-order valence-corrected chi connectivity index (χ3v) is 4.69. The Hall–Kier alpha value is -2.60. The van der Waals surface area contributed by atoms with E-state index in [2.05, 4.69) is 32.2 Å². The molecule has 1 aromatic heterocycles. The zero-order valence-electron chi connectivity index (χ0n) is 15.2. The van der Waals surface area contributed by atoms with Gasteiger partial charge in [-0.05, 0) is 49.4 Å². The molecule has 1 aliphatic rings. The molecule has 1 aliphatic heterocycles. The lowest BCUT2D eigenvalue weighted by molar-refractivity contribution is 0.0951. The smallest absolute Gasteiger partial charge is 0.251 e. The quantitative estimate of drug-likeness (QED) is 0.771. The van der Waals surface area contributed by atoms with Gasteiger partial charge in [0.1, 0.15) is 5.75 Å². The van der Waals surface area contributed by atoms with Gasteiger partial charge in [-0.15, -0.1) is 0 Å². The third kappa shape index (κ3) is 4.95. The molecule has 0 aliphatic carbocycles. The molecule has 138 valence electrons. The Kier molecular flexibility index (Phi) is 6.44. The molecule has 1 aromatic carbocycles. The van der Waals surface area contributed by atoms with Crippen molar-refractivity contribution in [2.45, 2.75) is 6.42 Å². The Morgan fingerprint density at radius 2 is 1.77 bits per heavy atom. The number of piperazine rings is 1. The molecule has 1 fully saturated rings. The van der Waals surface area contributed by atoms with Crippen molar-refractivity contribution in [3.8, 4) is 5.75 Å². The molecule has 26 heavy (non-hydrogen) atoms. The number of carbonyl (C=O) groups is 1. The summed E-state index contributed by atoms with van der Waals surface area (Å²) in [5.74, 6) is 0.859. The summed E-state index contributed by atoms with van der Waals surface area (Å²) in [5, 5.41) is 2.97. The number of ether oxygens (including phenoxy) is 1. The van der Waals surface area contributed by atoms with Gasteiger partial charge in [-0.25, -0.2) is 0 Å². The van der Waals surface area contributed by atoms with Crippen molar-refractivity contribution in [3.05, 3.63) is 54.4 Å². The predicted octanol–water partition coefficient (Wildman–Crippen LogP) is 2.03. The van der Waals surface area contributed by atoms with Crippen molar-refractivity contribution in [1.29, 1.82) is 0 Å². The lowest BCUT2D eigenvalue weighted by Gasteiger charge is -2.36. The van der Waals surface area contributed by atoms with Crippen molar-refractivity contribution in [3.63, 3.8) is 0 Å². The van der Waals surface area contributed by atoms with Crippen LogP contribution in [0.2, 0.25) is 0 Å². The van der Waals surface area contributed by atoms with Crippen LogP contribution in [0.4, 0.5) is 5.69 Å². The second-order valence-corrected chi connectivity index (χ2v) is 6.37. The highest BCUT2D eigenvalue weighted by Crippen LogP contribution is 2.20. The number of nitrogens with one attached hydrogen (secondary N) is 1. The van der Waals surface area contributed by atoms with Crippen LogP contribution in [0.25, 0.3) is 0 Å². The van der Waals surface area contributed by atoms with Gasteiger partial charge in [0.2, 0.25) is 0 Å². The van der Waals surface area contributed by atoms with E-state index in [1.54, 1.807) is 31.6 Å². The molecule has 1 N–H and O–H groups in total. The van der Waals surface area contributed by atoms with E-state index in [9.17, 15) is 4.79 Å². The number of benzene rings is 1. The van der Waals surface area contributed by atoms with Crippen LogP contribution in [0, 0.1) is 0 Å². The molecule has 6 nitrogen and oxygen atoms in total. The number of amides is 1. The maximum absolute atomic E-state index is 12.0. The van der Waals surface area contributed by atoms with Crippen molar-refractivity contribution in [2.75, 3.05) is 51.3 Å². The average Bonchev–Trinajstić information content (AvgIpc) is 2.72. The second kappa shape index (κ2) is 9.20. The fraction of sp³-hybridized carbons (Fsp3) is 0.400. The first kappa shape index (κ1) is 18.2. The van der Waals surface area contributed by atoms with Gasteiger partial charge >= 0.3 is 0 Å². The van der Waals surface area contributed by atoms with Crippen LogP contribution in [-0.4, -0.2) is 62.2 Å². The van der Waals surface area contributed by atoms with E-state index in [0.29, 0.717) is 12.1 Å². The number of anilines is 1. The van der Waals surface area contributed by atoms with Crippen molar-refractivity contribution in [2.24, 2.45) is 0 Å². The Morgan fingerprint density at radius 3 is 2.42 bits per heavy atom. The van der Waals surface area contributed by atoms with Gasteiger partial charge in [0.25, 0.3) is 5.91 Å². The summed E-state index contributed by atoms with van der Waals surface area (Å²) < 4.78 is 5.21. The monoisotopic (exact) mass is 354 g/mol. The van der Waals surface area contributed by atoms with Crippen LogP contribution in [0.1, 0.15) is 16.8 Å². The number of carbonyl (C=O) groups excluding carboxylic acids is 1. The van der Waals surface area contributed by atoms with E-state index in [-0.39, 0.29) is 5.91 Å². The molecule has 2 aromatic rings. The summed E-state index contributed by atoms with van der Waals surface area (Å²) in [7, 11) is 1.69. The van der Waals surface area contributed by atoms with Gasteiger partial charge in [-0.3, -0.25) is 14.7 Å². The topological polar surface area (TPSA) is 57.7 Å². The molecular weight excluding hydrogens is 328 g/mol. The Labute approximate surface area is 154 Å². The molecule has 0 unspecified atom stereocenters. The number of nitrogens with zero attached hydrogens (tertiary/aromatic N) is 3. The Morgan fingerprint density at radius 1 is 1.08 bits per heavy atom. The predicted molar refractivity (Wildman–Crippen MR) is 103 cm³/mol. The van der Waals surface area contributed by atoms with E-state index in [1.165, 1.54) is 5.69 Å². The third-order valence-electron chi connectivity index (χ3n) is 4.69. The maximum atomic E-state index is 12.0. The van der Waals surface area contributed by atoms with E-state index < -0.39 is 0 Å². The fourth-order valence-electron chi connectivity index (χ4n) is 3.13. The van der Waals surface area contributed by atoms with Crippen LogP contribution < -0.4 is 15.0 Å². The second-order valence-electron chi connectivity index (χ2n) is 6.37. The minimum atomic E-state index is -0.0308. The summed E-state index contributed by atoms with van der Waals surface area (Å²) in [6.07, 6.45) is 4.23. The van der Waals surface area contributed by atoms with Gasteiger partial charge in [0.15, 0.2) is 0 Å². The number of pyridine rings is 1. The van der Waals surface area contributed by atoms with E-state index in [4.69, 9.17) is 4.74 Å². The average molecular weight is 354 g/mol. The number of methoxy groups -OCH3 is 1. The summed E-state index contributed by atoms with van der Waals surface area (Å²) in [6, 6.07) is 11.7. The summed E-state index contributed by atoms with van der Waals surface area (Å²) in [4.78, 5) is 20.8. The SMILES string of the molecule is COc1ccc(N2CCN(CCCNC(=O)c3ccncc3)CC2)cc1. The van der Waals surface area contributed by atoms with Crippen LogP contribution in [-0.2, 0) is 0 Å². The van der Waals surface area contributed by atoms with E-state index >= 15 is 0 Å².